The molecule has 0 aliphatic heterocycles. The van der Waals surface area contributed by atoms with Gasteiger partial charge in [0, 0.05) is 9.37 Å². The lowest BCUT2D eigenvalue weighted by molar-refractivity contribution is -0.0328. The zero-order valence-electron chi connectivity index (χ0n) is 6.33. The van der Waals surface area contributed by atoms with Crippen molar-refractivity contribution in [1.82, 2.24) is 0 Å². The Labute approximate surface area is 98.3 Å². The highest BCUT2D eigenvalue weighted by Crippen LogP contribution is 2.43. The molecule has 0 heterocycles. The minimum absolute atomic E-state index is 0.00764. The molecule has 0 aliphatic rings. The Bertz CT molecular complexity index is 350. The van der Waals surface area contributed by atoms with Crippen molar-refractivity contribution in [2.75, 3.05) is 0 Å². The number of rotatable bonds is 1. The molecule has 0 saturated heterocycles. The van der Waals surface area contributed by atoms with Crippen LogP contribution >= 0.6 is 43.6 Å². The SMILES string of the molecule is Fc1ccc(SC(F)(F)F)c(Br)c1Br. The van der Waals surface area contributed by atoms with E-state index >= 15 is 0 Å². The second kappa shape index (κ2) is 4.40. The molecule has 14 heavy (non-hydrogen) atoms. The van der Waals surface area contributed by atoms with Gasteiger partial charge in [-0.2, -0.15) is 13.2 Å². The molecule has 1 rings (SSSR count). The van der Waals surface area contributed by atoms with Crippen LogP contribution in [0.15, 0.2) is 26.0 Å². The quantitative estimate of drug-likeness (QED) is 0.390. The van der Waals surface area contributed by atoms with Gasteiger partial charge in [-0.3, -0.25) is 0 Å². The third kappa shape index (κ3) is 3.13. The lowest BCUT2D eigenvalue weighted by Crippen LogP contribution is -1.99. The van der Waals surface area contributed by atoms with Gasteiger partial charge < -0.3 is 0 Å². The molecule has 0 bridgehead atoms. The molecule has 78 valence electrons. The summed E-state index contributed by atoms with van der Waals surface area (Å²) in [5.74, 6) is -0.608. The largest absolute Gasteiger partial charge is 0.446 e. The maximum absolute atomic E-state index is 12.8. The van der Waals surface area contributed by atoms with Gasteiger partial charge in [0.05, 0.1) is 4.47 Å². The Morgan fingerprint density at radius 3 is 2.14 bits per heavy atom. The molecular weight excluding hydrogens is 352 g/mol. The molecule has 0 atom stereocenters. The molecule has 0 unspecified atom stereocenters. The van der Waals surface area contributed by atoms with Gasteiger partial charge in [-0.1, -0.05) is 0 Å². The summed E-state index contributed by atoms with van der Waals surface area (Å²) in [4.78, 5) is -0.0780. The lowest BCUT2D eigenvalue weighted by Gasteiger charge is -2.08. The fourth-order valence-corrected chi connectivity index (χ4v) is 2.33. The highest BCUT2D eigenvalue weighted by molar-refractivity contribution is 9.13. The van der Waals surface area contributed by atoms with Gasteiger partial charge in [0.2, 0.25) is 0 Å². The molecule has 0 spiro atoms. The first-order valence-electron chi connectivity index (χ1n) is 3.20. The van der Waals surface area contributed by atoms with E-state index in [4.69, 9.17) is 0 Å². The Morgan fingerprint density at radius 1 is 1.07 bits per heavy atom. The van der Waals surface area contributed by atoms with Gasteiger partial charge >= 0.3 is 5.51 Å². The van der Waals surface area contributed by atoms with E-state index in [1.54, 1.807) is 0 Å². The summed E-state index contributed by atoms with van der Waals surface area (Å²) in [5, 5.41) is 0. The number of hydrogen-bond donors (Lipinski definition) is 0. The van der Waals surface area contributed by atoms with Crippen molar-refractivity contribution in [3.8, 4) is 0 Å². The average Bonchev–Trinajstić information content (AvgIpc) is 2.04. The Balaban J connectivity index is 3.06. The Morgan fingerprint density at radius 2 is 1.64 bits per heavy atom. The van der Waals surface area contributed by atoms with E-state index in [0.29, 0.717) is 0 Å². The van der Waals surface area contributed by atoms with Crippen LogP contribution < -0.4 is 0 Å². The van der Waals surface area contributed by atoms with Crippen molar-refractivity contribution < 1.29 is 17.6 Å². The third-order valence-corrected chi connectivity index (χ3v) is 4.41. The molecule has 0 radical (unpaired) electrons. The van der Waals surface area contributed by atoms with Crippen LogP contribution in [0.5, 0.6) is 0 Å². The van der Waals surface area contributed by atoms with Crippen LogP contribution in [0.25, 0.3) is 0 Å². The molecule has 0 amide bonds. The standard InChI is InChI=1S/C7H2Br2F4S/c8-5-3(10)1-2-4(6(5)9)14-7(11,12)13/h1-2H. The monoisotopic (exact) mass is 352 g/mol. The van der Waals surface area contributed by atoms with Crippen molar-refractivity contribution in [1.29, 1.82) is 0 Å². The Hall–Kier alpha value is 0.250. The fraction of sp³-hybridized carbons (Fsp3) is 0.143. The Kier molecular flexibility index (Phi) is 3.87. The highest BCUT2D eigenvalue weighted by Gasteiger charge is 2.30. The lowest BCUT2D eigenvalue weighted by atomic mass is 10.3. The number of benzene rings is 1. The second-order valence-electron chi connectivity index (χ2n) is 2.22. The van der Waals surface area contributed by atoms with Crippen molar-refractivity contribution in [3.05, 3.63) is 26.9 Å². The first-order valence-corrected chi connectivity index (χ1v) is 5.61. The first-order chi connectivity index (χ1) is 6.31. The van der Waals surface area contributed by atoms with E-state index in [1.807, 2.05) is 0 Å². The number of thioether (sulfide) groups is 1. The normalized spacial score (nSPS) is 11.9. The predicted octanol–water partition coefficient (Wildman–Crippen LogP) is 4.96. The van der Waals surface area contributed by atoms with Gasteiger partial charge in [0.25, 0.3) is 0 Å². The average molecular weight is 354 g/mol. The zero-order chi connectivity index (χ0) is 10.9. The van der Waals surface area contributed by atoms with Crippen molar-refractivity contribution in [3.63, 3.8) is 0 Å². The summed E-state index contributed by atoms with van der Waals surface area (Å²) >= 11 is 5.42. The van der Waals surface area contributed by atoms with Crippen molar-refractivity contribution in [2.45, 2.75) is 10.4 Å². The molecule has 0 aliphatic carbocycles. The van der Waals surface area contributed by atoms with Gasteiger partial charge in [-0.05, 0) is 55.8 Å². The molecule has 1 aromatic rings. The molecule has 1 aromatic carbocycles. The summed E-state index contributed by atoms with van der Waals surface area (Å²) in [6, 6.07) is 2.05. The van der Waals surface area contributed by atoms with E-state index in [1.165, 1.54) is 0 Å². The van der Waals surface area contributed by atoms with Gasteiger partial charge in [-0.15, -0.1) is 0 Å². The summed E-state index contributed by atoms with van der Waals surface area (Å²) < 4.78 is 48.8. The smallest absolute Gasteiger partial charge is 0.206 e. The third-order valence-electron chi connectivity index (χ3n) is 1.23. The van der Waals surface area contributed by atoms with Crippen LogP contribution in [-0.4, -0.2) is 5.51 Å². The van der Waals surface area contributed by atoms with Crippen LogP contribution in [0.2, 0.25) is 0 Å². The summed E-state index contributed by atoms with van der Waals surface area (Å²) in [6.07, 6.45) is 0. The minimum Gasteiger partial charge on any atom is -0.206 e. The number of halogens is 6. The van der Waals surface area contributed by atoms with Crippen LogP contribution in [0.3, 0.4) is 0 Å². The van der Waals surface area contributed by atoms with Crippen LogP contribution in [-0.2, 0) is 0 Å². The summed E-state index contributed by atoms with van der Waals surface area (Å²) in [6.45, 7) is 0. The molecule has 0 nitrogen and oxygen atoms in total. The van der Waals surface area contributed by atoms with Crippen LogP contribution in [0, 0.1) is 5.82 Å². The highest BCUT2D eigenvalue weighted by atomic mass is 79.9. The van der Waals surface area contributed by atoms with E-state index in [0.717, 1.165) is 12.1 Å². The molecule has 0 fully saturated rings. The first kappa shape index (κ1) is 12.3. The zero-order valence-corrected chi connectivity index (χ0v) is 10.3. The van der Waals surface area contributed by atoms with Crippen LogP contribution in [0.1, 0.15) is 0 Å². The van der Waals surface area contributed by atoms with E-state index in [-0.39, 0.29) is 25.6 Å². The summed E-state index contributed by atoms with van der Waals surface area (Å²) in [7, 11) is 0. The number of alkyl halides is 3. The molecule has 7 heteroatoms. The van der Waals surface area contributed by atoms with Crippen molar-refractivity contribution in [2.24, 2.45) is 0 Å². The molecular formula is C7H2Br2F4S. The number of hydrogen-bond acceptors (Lipinski definition) is 1. The topological polar surface area (TPSA) is 0 Å². The van der Waals surface area contributed by atoms with Crippen molar-refractivity contribution >= 4 is 43.6 Å². The van der Waals surface area contributed by atoms with E-state index < -0.39 is 11.3 Å². The molecule has 0 N–H and O–H groups in total. The molecule has 0 saturated carbocycles. The second-order valence-corrected chi connectivity index (χ2v) is 4.91. The fourth-order valence-electron chi connectivity index (χ4n) is 0.712. The minimum atomic E-state index is -4.38. The van der Waals surface area contributed by atoms with Gasteiger partial charge in [0.15, 0.2) is 0 Å². The van der Waals surface area contributed by atoms with Gasteiger partial charge in [0.1, 0.15) is 5.82 Å². The van der Waals surface area contributed by atoms with E-state index in [9.17, 15) is 17.6 Å². The maximum atomic E-state index is 12.8. The van der Waals surface area contributed by atoms with Gasteiger partial charge in [-0.25, -0.2) is 4.39 Å². The summed E-state index contributed by atoms with van der Waals surface area (Å²) in [5.41, 5.74) is -4.38. The maximum Gasteiger partial charge on any atom is 0.446 e. The molecule has 0 aromatic heterocycles. The predicted molar refractivity (Wildman–Crippen MR) is 53.7 cm³/mol. The van der Waals surface area contributed by atoms with Crippen LogP contribution in [0.4, 0.5) is 17.6 Å². The van der Waals surface area contributed by atoms with E-state index in [2.05, 4.69) is 31.9 Å².